The lowest BCUT2D eigenvalue weighted by Crippen LogP contribution is -2.39. The van der Waals surface area contributed by atoms with E-state index in [1.807, 2.05) is 6.92 Å². The number of carboxylic acids is 1. The van der Waals surface area contributed by atoms with Crippen LogP contribution in [0.25, 0.3) is 0 Å². The highest BCUT2D eigenvalue weighted by Crippen LogP contribution is 2.42. The van der Waals surface area contributed by atoms with Crippen molar-refractivity contribution >= 4 is 35.0 Å². The quantitative estimate of drug-likeness (QED) is 0.842. The van der Waals surface area contributed by atoms with Gasteiger partial charge in [-0.2, -0.15) is 0 Å². The number of halogens is 1. The fourth-order valence-corrected chi connectivity index (χ4v) is 4.18. The van der Waals surface area contributed by atoms with E-state index in [4.69, 9.17) is 21.4 Å². The molecule has 0 spiro atoms. The van der Waals surface area contributed by atoms with Crippen molar-refractivity contribution in [2.24, 2.45) is 0 Å². The fraction of sp³-hybridized carbons (Fsp3) is 0.312. The Morgan fingerprint density at radius 1 is 1.44 bits per heavy atom. The van der Waals surface area contributed by atoms with Crippen LogP contribution in [0.2, 0.25) is 5.02 Å². The summed E-state index contributed by atoms with van der Waals surface area (Å²) >= 11 is 7.53. The number of carboxylic acid groups (broad SMARTS) is 2. The number of aromatic nitrogens is 1. The van der Waals surface area contributed by atoms with E-state index in [0.717, 1.165) is 15.6 Å². The normalized spacial score (nSPS) is 16.4. The van der Waals surface area contributed by atoms with Crippen molar-refractivity contribution in [3.05, 3.63) is 44.4 Å². The number of ether oxygens (including phenoxy) is 1. The van der Waals surface area contributed by atoms with E-state index in [9.17, 15) is 14.7 Å². The molecule has 0 saturated heterocycles. The third-order valence-corrected chi connectivity index (χ3v) is 5.15. The Morgan fingerprint density at radius 2 is 2.20 bits per heavy atom. The first kappa shape index (κ1) is 17.5. The first-order valence-electron chi connectivity index (χ1n) is 7.46. The van der Waals surface area contributed by atoms with Crippen molar-refractivity contribution < 1.29 is 24.5 Å². The molecule has 1 atom stereocenters. The number of aliphatic carboxylic acids is 1. The molecular formula is C16H15ClN2O5S. The zero-order valence-corrected chi connectivity index (χ0v) is 14.8. The Bertz CT molecular complexity index is 838. The Kier molecular flexibility index (Phi) is 4.82. The first-order valence-corrected chi connectivity index (χ1v) is 8.66. The molecule has 3 rings (SSSR count). The second kappa shape index (κ2) is 6.89. The lowest BCUT2D eigenvalue weighted by Gasteiger charge is -2.34. The monoisotopic (exact) mass is 382 g/mol. The van der Waals surface area contributed by atoms with E-state index >= 15 is 0 Å². The molecule has 2 aromatic rings. The summed E-state index contributed by atoms with van der Waals surface area (Å²) in [5.41, 5.74) is 1.37. The standard InChI is InChI=1S/C16H15ClN2O5S/c1-8-18-11-4-5-19(16(22)23)14(15(11)25-8)10-6-9(17)2-3-12(10)24-7-13(20)21/h2-3,6,14H,4-5,7H2,1H3,(H,20,21)(H,22,23). The van der Waals surface area contributed by atoms with Gasteiger partial charge in [-0.05, 0) is 25.1 Å². The highest BCUT2D eigenvalue weighted by molar-refractivity contribution is 7.11. The van der Waals surface area contributed by atoms with Crippen LogP contribution in [-0.4, -0.2) is 45.3 Å². The second-order valence-electron chi connectivity index (χ2n) is 5.54. The average molecular weight is 383 g/mol. The van der Waals surface area contributed by atoms with Gasteiger partial charge < -0.3 is 14.9 Å². The summed E-state index contributed by atoms with van der Waals surface area (Å²) in [6, 6.07) is 4.12. The average Bonchev–Trinajstić information content (AvgIpc) is 2.92. The van der Waals surface area contributed by atoms with Gasteiger partial charge in [-0.1, -0.05) is 11.6 Å². The Hall–Kier alpha value is -2.32. The van der Waals surface area contributed by atoms with E-state index < -0.39 is 24.7 Å². The molecule has 9 heteroatoms. The fourth-order valence-electron chi connectivity index (χ4n) is 2.89. The number of fused-ring (bicyclic) bond motifs is 1. The largest absolute Gasteiger partial charge is 0.482 e. The molecule has 0 saturated carbocycles. The van der Waals surface area contributed by atoms with Crippen LogP contribution < -0.4 is 4.74 Å². The number of hydrogen-bond donors (Lipinski definition) is 2. The smallest absolute Gasteiger partial charge is 0.408 e. The van der Waals surface area contributed by atoms with E-state index in [-0.39, 0.29) is 0 Å². The molecule has 1 aliphatic heterocycles. The van der Waals surface area contributed by atoms with Crippen LogP contribution in [0.3, 0.4) is 0 Å². The van der Waals surface area contributed by atoms with Gasteiger partial charge in [-0.3, -0.25) is 4.90 Å². The van der Waals surface area contributed by atoms with Crippen molar-refractivity contribution in [3.63, 3.8) is 0 Å². The maximum atomic E-state index is 11.8. The Morgan fingerprint density at radius 3 is 2.88 bits per heavy atom. The van der Waals surface area contributed by atoms with Crippen molar-refractivity contribution in [2.45, 2.75) is 19.4 Å². The van der Waals surface area contributed by atoms with Gasteiger partial charge in [0.15, 0.2) is 6.61 Å². The van der Waals surface area contributed by atoms with Gasteiger partial charge >= 0.3 is 12.1 Å². The summed E-state index contributed by atoms with van der Waals surface area (Å²) < 4.78 is 5.36. The van der Waals surface area contributed by atoms with E-state index in [0.29, 0.717) is 29.3 Å². The Balaban J connectivity index is 2.12. The molecule has 1 unspecified atom stereocenters. The lowest BCUT2D eigenvalue weighted by molar-refractivity contribution is -0.139. The van der Waals surface area contributed by atoms with E-state index in [1.165, 1.54) is 16.2 Å². The summed E-state index contributed by atoms with van der Waals surface area (Å²) in [6.45, 7) is 1.63. The third-order valence-electron chi connectivity index (χ3n) is 3.85. The van der Waals surface area contributed by atoms with Gasteiger partial charge in [0, 0.05) is 23.6 Å². The number of hydrogen-bond acceptors (Lipinski definition) is 5. The van der Waals surface area contributed by atoms with E-state index in [2.05, 4.69) is 4.98 Å². The predicted molar refractivity (Wildman–Crippen MR) is 91.7 cm³/mol. The molecule has 0 aliphatic carbocycles. The summed E-state index contributed by atoms with van der Waals surface area (Å²) in [5.74, 6) is -0.823. The SMILES string of the molecule is Cc1nc2c(s1)C(c1cc(Cl)ccc1OCC(=O)O)N(C(=O)O)CC2. The van der Waals surface area contributed by atoms with Crippen LogP contribution in [0.5, 0.6) is 5.75 Å². The third kappa shape index (κ3) is 3.54. The minimum Gasteiger partial charge on any atom is -0.482 e. The zero-order valence-electron chi connectivity index (χ0n) is 13.2. The number of carbonyl (C=O) groups is 2. The van der Waals surface area contributed by atoms with Crippen LogP contribution >= 0.6 is 22.9 Å². The van der Waals surface area contributed by atoms with Crippen molar-refractivity contribution in [3.8, 4) is 5.75 Å². The number of nitrogens with zero attached hydrogens (tertiary/aromatic N) is 2. The maximum absolute atomic E-state index is 11.8. The number of amides is 1. The summed E-state index contributed by atoms with van der Waals surface area (Å²) in [7, 11) is 0. The lowest BCUT2D eigenvalue weighted by atomic mass is 9.97. The molecule has 0 radical (unpaired) electrons. The van der Waals surface area contributed by atoms with Crippen LogP contribution in [0.1, 0.15) is 27.2 Å². The van der Waals surface area contributed by atoms with Crippen LogP contribution in [0.4, 0.5) is 4.79 Å². The summed E-state index contributed by atoms with van der Waals surface area (Å²) in [6.07, 6.45) is -0.528. The number of rotatable bonds is 4. The topological polar surface area (TPSA) is 100.0 Å². The molecule has 2 N–H and O–H groups in total. The van der Waals surface area contributed by atoms with Crippen LogP contribution in [0, 0.1) is 6.92 Å². The maximum Gasteiger partial charge on any atom is 0.408 e. The summed E-state index contributed by atoms with van der Waals surface area (Å²) in [5, 5.41) is 19.7. The van der Waals surface area contributed by atoms with Gasteiger partial charge in [-0.25, -0.2) is 14.6 Å². The van der Waals surface area contributed by atoms with Gasteiger partial charge in [-0.15, -0.1) is 11.3 Å². The van der Waals surface area contributed by atoms with Crippen LogP contribution in [-0.2, 0) is 11.2 Å². The van der Waals surface area contributed by atoms with Crippen LogP contribution in [0.15, 0.2) is 18.2 Å². The minimum atomic E-state index is -1.12. The van der Waals surface area contributed by atoms with Gasteiger partial charge in [0.05, 0.1) is 15.6 Å². The van der Waals surface area contributed by atoms with Crippen molar-refractivity contribution in [1.29, 1.82) is 0 Å². The number of thiazole rings is 1. The van der Waals surface area contributed by atoms with Crippen molar-refractivity contribution in [1.82, 2.24) is 9.88 Å². The highest BCUT2D eigenvalue weighted by atomic mass is 35.5. The Labute approximate surface area is 152 Å². The van der Waals surface area contributed by atoms with Crippen molar-refractivity contribution in [2.75, 3.05) is 13.2 Å². The molecule has 1 amide bonds. The molecule has 1 aliphatic rings. The molecule has 7 nitrogen and oxygen atoms in total. The zero-order chi connectivity index (χ0) is 18.1. The molecule has 1 aromatic heterocycles. The predicted octanol–water partition coefficient (Wildman–Crippen LogP) is 3.19. The molecule has 0 fully saturated rings. The second-order valence-corrected chi connectivity index (χ2v) is 7.21. The molecule has 0 bridgehead atoms. The molecule has 132 valence electrons. The van der Waals surface area contributed by atoms with Gasteiger partial charge in [0.25, 0.3) is 0 Å². The number of aryl methyl sites for hydroxylation is 1. The van der Waals surface area contributed by atoms with Gasteiger partial charge in [0.2, 0.25) is 0 Å². The van der Waals surface area contributed by atoms with Gasteiger partial charge in [0.1, 0.15) is 11.8 Å². The summed E-state index contributed by atoms with van der Waals surface area (Å²) in [4.78, 5) is 29.2. The molecule has 1 aromatic carbocycles. The number of benzene rings is 1. The molecular weight excluding hydrogens is 368 g/mol. The minimum absolute atomic E-state index is 0.293. The molecule has 25 heavy (non-hydrogen) atoms. The molecule has 2 heterocycles. The highest BCUT2D eigenvalue weighted by Gasteiger charge is 2.36. The first-order chi connectivity index (χ1) is 11.9. The van der Waals surface area contributed by atoms with E-state index in [1.54, 1.807) is 18.2 Å².